The van der Waals surface area contributed by atoms with Gasteiger partial charge in [-0.2, -0.15) is 0 Å². The highest BCUT2D eigenvalue weighted by Crippen LogP contribution is 1.97. The Morgan fingerprint density at radius 1 is 1.00 bits per heavy atom. The van der Waals surface area contributed by atoms with Crippen LogP contribution >= 0.6 is 0 Å². The summed E-state index contributed by atoms with van der Waals surface area (Å²) >= 11 is 0. The van der Waals surface area contributed by atoms with Gasteiger partial charge in [0.25, 0.3) is 0 Å². The van der Waals surface area contributed by atoms with Crippen LogP contribution < -0.4 is 5.32 Å². The van der Waals surface area contributed by atoms with Crippen molar-refractivity contribution < 1.29 is 4.74 Å². The molecule has 0 bridgehead atoms. The van der Waals surface area contributed by atoms with E-state index >= 15 is 0 Å². The zero-order valence-electron chi connectivity index (χ0n) is 10.9. The monoisotopic (exact) mass is 203 g/mol. The van der Waals surface area contributed by atoms with Gasteiger partial charge in [0.2, 0.25) is 0 Å². The van der Waals surface area contributed by atoms with E-state index in [1.54, 1.807) is 0 Å². The van der Waals surface area contributed by atoms with Crippen molar-refractivity contribution in [3.63, 3.8) is 0 Å². The molecule has 0 heterocycles. The normalized spacial score (nSPS) is 10.3. The van der Waals surface area contributed by atoms with Crippen molar-refractivity contribution in [1.82, 2.24) is 5.32 Å². The van der Waals surface area contributed by atoms with Crippen molar-refractivity contribution in [3.05, 3.63) is 0 Å². The van der Waals surface area contributed by atoms with E-state index in [1.165, 1.54) is 6.42 Å². The second-order valence-electron chi connectivity index (χ2n) is 4.63. The number of hydrogen-bond donors (Lipinski definition) is 1. The van der Waals surface area contributed by atoms with Crippen molar-refractivity contribution in [2.75, 3.05) is 26.8 Å². The molecule has 0 saturated carbocycles. The third-order valence-corrected chi connectivity index (χ3v) is 1.34. The van der Waals surface area contributed by atoms with E-state index in [2.05, 4.69) is 39.9 Å². The summed E-state index contributed by atoms with van der Waals surface area (Å²) in [6.45, 7) is 13.6. The van der Waals surface area contributed by atoms with E-state index in [4.69, 9.17) is 4.74 Å². The average molecular weight is 203 g/mol. The number of hydrogen-bond acceptors (Lipinski definition) is 2. The fourth-order valence-electron chi connectivity index (χ4n) is 0.595. The van der Waals surface area contributed by atoms with Gasteiger partial charge in [-0.25, -0.2) is 0 Å². The van der Waals surface area contributed by atoms with Gasteiger partial charge in [0.05, 0.1) is 6.61 Å². The van der Waals surface area contributed by atoms with Gasteiger partial charge in [-0.15, -0.1) is 0 Å². The molecular formula is C12H29NO. The zero-order valence-corrected chi connectivity index (χ0v) is 10.9. The van der Waals surface area contributed by atoms with Crippen LogP contribution in [0.2, 0.25) is 0 Å². The highest BCUT2D eigenvalue weighted by atomic mass is 16.5. The number of likely N-dealkylation sites (N-methyl/N-ethyl adjacent to an activating group) is 1. The fourth-order valence-corrected chi connectivity index (χ4v) is 0.595. The SMILES string of the molecule is CC(C)C.CNCCOCCC(C)C. The number of rotatable bonds is 6. The molecule has 0 saturated heterocycles. The van der Waals surface area contributed by atoms with Crippen molar-refractivity contribution in [1.29, 1.82) is 0 Å². The Bertz CT molecular complexity index is 89.6. The summed E-state index contributed by atoms with van der Waals surface area (Å²) in [5.41, 5.74) is 0. The maximum Gasteiger partial charge on any atom is 0.0590 e. The van der Waals surface area contributed by atoms with Crippen LogP contribution in [0.15, 0.2) is 0 Å². The summed E-state index contributed by atoms with van der Waals surface area (Å²) in [5.74, 6) is 1.59. The van der Waals surface area contributed by atoms with Gasteiger partial charge in [-0.1, -0.05) is 34.6 Å². The van der Waals surface area contributed by atoms with Gasteiger partial charge in [-0.3, -0.25) is 0 Å². The second kappa shape index (κ2) is 12.9. The molecule has 0 fully saturated rings. The maximum atomic E-state index is 5.32. The van der Waals surface area contributed by atoms with Crippen LogP contribution in [0.25, 0.3) is 0 Å². The van der Waals surface area contributed by atoms with Gasteiger partial charge in [0.15, 0.2) is 0 Å². The quantitative estimate of drug-likeness (QED) is 0.670. The van der Waals surface area contributed by atoms with Crippen molar-refractivity contribution in [2.45, 2.75) is 41.0 Å². The Balaban J connectivity index is 0. The molecule has 2 nitrogen and oxygen atoms in total. The molecule has 0 radical (unpaired) electrons. The lowest BCUT2D eigenvalue weighted by Crippen LogP contribution is -2.14. The molecule has 1 N–H and O–H groups in total. The molecule has 0 spiro atoms. The van der Waals surface area contributed by atoms with Crippen LogP contribution in [0.5, 0.6) is 0 Å². The number of ether oxygens (including phenoxy) is 1. The Kier molecular flexibility index (Phi) is 15.1. The molecular weight excluding hydrogens is 174 g/mol. The highest BCUT2D eigenvalue weighted by Gasteiger charge is 1.92. The lowest BCUT2D eigenvalue weighted by Gasteiger charge is -2.05. The molecule has 2 heteroatoms. The minimum absolute atomic E-state index is 0.759. The third-order valence-electron chi connectivity index (χ3n) is 1.34. The van der Waals surface area contributed by atoms with Gasteiger partial charge >= 0.3 is 0 Å². The molecule has 0 aliphatic rings. The molecule has 0 amide bonds. The molecule has 0 rings (SSSR count). The smallest absolute Gasteiger partial charge is 0.0590 e. The molecule has 0 unspecified atom stereocenters. The van der Waals surface area contributed by atoms with Gasteiger partial charge < -0.3 is 10.1 Å². The molecule has 88 valence electrons. The first-order valence-electron chi connectivity index (χ1n) is 5.73. The number of nitrogens with one attached hydrogen (secondary N) is 1. The average Bonchev–Trinajstić information content (AvgIpc) is 2.02. The van der Waals surface area contributed by atoms with Crippen LogP contribution in [0.1, 0.15) is 41.0 Å². The predicted molar refractivity (Wildman–Crippen MR) is 64.7 cm³/mol. The van der Waals surface area contributed by atoms with Crippen LogP contribution in [-0.2, 0) is 4.74 Å². The molecule has 0 aromatic carbocycles. The first-order valence-corrected chi connectivity index (χ1v) is 5.73. The summed E-state index contributed by atoms with van der Waals surface area (Å²) in [6, 6.07) is 0. The van der Waals surface area contributed by atoms with Gasteiger partial charge in [-0.05, 0) is 25.3 Å². The summed E-state index contributed by atoms with van der Waals surface area (Å²) in [6.07, 6.45) is 1.17. The standard InChI is InChI=1S/C8H19NO.C4H10/c1-8(2)4-6-10-7-5-9-3;1-4(2)3/h8-9H,4-7H2,1-3H3;4H,1-3H3. The first-order chi connectivity index (χ1) is 6.50. The predicted octanol–water partition coefficient (Wildman–Crippen LogP) is 2.93. The second-order valence-corrected chi connectivity index (χ2v) is 4.63. The highest BCUT2D eigenvalue weighted by molar-refractivity contribution is 4.43. The zero-order chi connectivity index (χ0) is 11.4. The van der Waals surface area contributed by atoms with E-state index in [0.29, 0.717) is 0 Å². The fraction of sp³-hybridized carbons (Fsp3) is 1.00. The van der Waals surface area contributed by atoms with Crippen LogP contribution in [-0.4, -0.2) is 26.8 Å². The van der Waals surface area contributed by atoms with Crippen molar-refractivity contribution in [3.8, 4) is 0 Å². The van der Waals surface area contributed by atoms with E-state index in [1.807, 2.05) is 7.05 Å². The molecule has 0 aromatic heterocycles. The summed E-state index contributed by atoms with van der Waals surface area (Å²) in [5, 5.41) is 3.03. The Labute approximate surface area is 90.4 Å². The topological polar surface area (TPSA) is 21.3 Å². The molecule has 0 aliphatic heterocycles. The van der Waals surface area contributed by atoms with E-state index < -0.39 is 0 Å². The van der Waals surface area contributed by atoms with Crippen molar-refractivity contribution >= 4 is 0 Å². The summed E-state index contributed by atoms with van der Waals surface area (Å²) in [4.78, 5) is 0. The lowest BCUT2D eigenvalue weighted by atomic mass is 10.1. The molecule has 0 aliphatic carbocycles. The van der Waals surface area contributed by atoms with E-state index in [0.717, 1.165) is 31.6 Å². The maximum absolute atomic E-state index is 5.32. The minimum Gasteiger partial charge on any atom is -0.380 e. The Morgan fingerprint density at radius 3 is 1.86 bits per heavy atom. The summed E-state index contributed by atoms with van der Waals surface area (Å²) < 4.78 is 5.32. The first kappa shape index (κ1) is 16.4. The third kappa shape index (κ3) is 29.7. The van der Waals surface area contributed by atoms with Crippen LogP contribution in [0, 0.1) is 11.8 Å². The summed E-state index contributed by atoms with van der Waals surface area (Å²) in [7, 11) is 1.94. The Morgan fingerprint density at radius 2 is 1.50 bits per heavy atom. The van der Waals surface area contributed by atoms with Crippen molar-refractivity contribution in [2.24, 2.45) is 11.8 Å². The Hall–Kier alpha value is -0.0800. The van der Waals surface area contributed by atoms with Gasteiger partial charge in [0.1, 0.15) is 0 Å². The largest absolute Gasteiger partial charge is 0.380 e. The van der Waals surface area contributed by atoms with E-state index in [-0.39, 0.29) is 0 Å². The van der Waals surface area contributed by atoms with Crippen LogP contribution in [0.4, 0.5) is 0 Å². The van der Waals surface area contributed by atoms with E-state index in [9.17, 15) is 0 Å². The molecule has 0 atom stereocenters. The lowest BCUT2D eigenvalue weighted by molar-refractivity contribution is 0.126. The minimum atomic E-state index is 0.759. The molecule has 0 aromatic rings. The molecule has 14 heavy (non-hydrogen) atoms. The van der Waals surface area contributed by atoms with Gasteiger partial charge in [0, 0.05) is 13.2 Å². The van der Waals surface area contributed by atoms with Crippen LogP contribution in [0.3, 0.4) is 0 Å².